The molecule has 0 saturated carbocycles. The molecule has 0 aromatic carbocycles. The highest BCUT2D eigenvalue weighted by Crippen LogP contribution is 2.12. The van der Waals surface area contributed by atoms with E-state index in [2.05, 4.69) is 22.9 Å². The molecule has 2 unspecified atom stereocenters. The van der Waals surface area contributed by atoms with E-state index < -0.39 is 0 Å². The van der Waals surface area contributed by atoms with Crippen LogP contribution in [0.3, 0.4) is 0 Å². The highest BCUT2D eigenvalue weighted by atomic mass is 16.2. The largest absolute Gasteiger partial charge is 0.335 e. The minimum atomic E-state index is -0.169. The fraction of sp³-hybridized carbons (Fsp3) is 0.909. The van der Waals surface area contributed by atoms with E-state index >= 15 is 0 Å². The van der Waals surface area contributed by atoms with E-state index in [0.717, 1.165) is 19.5 Å². The molecule has 4 nitrogen and oxygen atoms in total. The molecule has 0 spiro atoms. The average molecular weight is 213 g/mol. The number of carbonyl (C=O) groups excluding carboxylic acids is 1. The van der Waals surface area contributed by atoms with Gasteiger partial charge in [-0.1, -0.05) is 0 Å². The first-order valence-corrected chi connectivity index (χ1v) is 5.68. The third-order valence-electron chi connectivity index (χ3n) is 2.65. The van der Waals surface area contributed by atoms with Crippen LogP contribution < -0.4 is 16.0 Å². The zero-order chi connectivity index (χ0) is 11.5. The summed E-state index contributed by atoms with van der Waals surface area (Å²) in [6.45, 7) is 10.1. The SMILES string of the molecule is CC(NC(=O)NC(C)(C)C)C1CCNC1. The molecule has 1 heterocycles. The molecule has 15 heavy (non-hydrogen) atoms. The molecule has 2 amide bonds. The Hall–Kier alpha value is -0.770. The van der Waals surface area contributed by atoms with Gasteiger partial charge in [0.2, 0.25) is 0 Å². The molecule has 3 N–H and O–H groups in total. The van der Waals surface area contributed by atoms with Crippen molar-refractivity contribution in [3.05, 3.63) is 0 Å². The molecule has 1 aliphatic heterocycles. The van der Waals surface area contributed by atoms with E-state index in [9.17, 15) is 4.79 Å². The van der Waals surface area contributed by atoms with Crippen LogP contribution in [0.1, 0.15) is 34.1 Å². The van der Waals surface area contributed by atoms with Crippen molar-refractivity contribution < 1.29 is 4.79 Å². The van der Waals surface area contributed by atoms with E-state index in [1.807, 2.05) is 20.8 Å². The first-order chi connectivity index (χ1) is 6.88. The van der Waals surface area contributed by atoms with Crippen LogP contribution in [0.4, 0.5) is 4.79 Å². The molecule has 4 heteroatoms. The second-order valence-corrected chi connectivity index (χ2v) is 5.39. The fourth-order valence-electron chi connectivity index (χ4n) is 1.81. The minimum absolute atomic E-state index is 0.0677. The number of amides is 2. The second kappa shape index (κ2) is 4.84. The molecule has 1 saturated heterocycles. The molecule has 1 fully saturated rings. The van der Waals surface area contributed by atoms with Gasteiger partial charge in [0.1, 0.15) is 0 Å². The van der Waals surface area contributed by atoms with Crippen LogP contribution in [0, 0.1) is 5.92 Å². The predicted molar refractivity (Wildman–Crippen MR) is 61.9 cm³/mol. The maximum Gasteiger partial charge on any atom is 0.315 e. The Morgan fingerprint density at radius 3 is 2.60 bits per heavy atom. The summed E-state index contributed by atoms with van der Waals surface area (Å²) in [5.74, 6) is 0.565. The highest BCUT2D eigenvalue weighted by Gasteiger charge is 2.23. The quantitative estimate of drug-likeness (QED) is 0.643. The van der Waals surface area contributed by atoms with Gasteiger partial charge in [0, 0.05) is 11.6 Å². The van der Waals surface area contributed by atoms with E-state index in [0.29, 0.717) is 5.92 Å². The highest BCUT2D eigenvalue weighted by molar-refractivity contribution is 5.74. The molecule has 1 rings (SSSR count). The van der Waals surface area contributed by atoms with Crippen LogP contribution >= 0.6 is 0 Å². The summed E-state index contributed by atoms with van der Waals surface area (Å²) in [7, 11) is 0. The summed E-state index contributed by atoms with van der Waals surface area (Å²) in [5, 5.41) is 9.19. The Kier molecular flexibility index (Phi) is 3.97. The van der Waals surface area contributed by atoms with Gasteiger partial charge >= 0.3 is 6.03 Å². The molecule has 0 aromatic heterocycles. The second-order valence-electron chi connectivity index (χ2n) is 5.39. The first-order valence-electron chi connectivity index (χ1n) is 5.68. The van der Waals surface area contributed by atoms with Crippen LogP contribution in [0.15, 0.2) is 0 Å². The van der Waals surface area contributed by atoms with E-state index in [4.69, 9.17) is 0 Å². The molecule has 2 atom stereocenters. The Bertz CT molecular complexity index is 216. The van der Waals surface area contributed by atoms with Crippen molar-refractivity contribution in [2.24, 2.45) is 5.92 Å². The van der Waals surface area contributed by atoms with Crippen LogP contribution in [-0.2, 0) is 0 Å². The maximum atomic E-state index is 11.6. The Morgan fingerprint density at radius 1 is 1.47 bits per heavy atom. The lowest BCUT2D eigenvalue weighted by Gasteiger charge is -2.25. The van der Waals surface area contributed by atoms with Gasteiger partial charge in [-0.3, -0.25) is 0 Å². The minimum Gasteiger partial charge on any atom is -0.335 e. The third-order valence-corrected chi connectivity index (χ3v) is 2.65. The molecule has 0 aliphatic carbocycles. The maximum absolute atomic E-state index is 11.6. The number of nitrogens with one attached hydrogen (secondary N) is 3. The lowest BCUT2D eigenvalue weighted by Crippen LogP contribution is -2.50. The van der Waals surface area contributed by atoms with Crippen LogP contribution in [-0.4, -0.2) is 30.7 Å². The van der Waals surface area contributed by atoms with Crippen molar-refractivity contribution in [3.63, 3.8) is 0 Å². The van der Waals surface area contributed by atoms with Crippen molar-refractivity contribution in [1.29, 1.82) is 0 Å². The molecular weight excluding hydrogens is 190 g/mol. The van der Waals surface area contributed by atoms with Gasteiger partial charge in [0.05, 0.1) is 0 Å². The van der Waals surface area contributed by atoms with Gasteiger partial charge < -0.3 is 16.0 Å². The van der Waals surface area contributed by atoms with E-state index in [1.54, 1.807) is 0 Å². The van der Waals surface area contributed by atoms with Gasteiger partial charge in [-0.15, -0.1) is 0 Å². The van der Waals surface area contributed by atoms with Gasteiger partial charge in [0.25, 0.3) is 0 Å². The Morgan fingerprint density at radius 2 is 2.13 bits per heavy atom. The molecule has 88 valence electrons. The third kappa shape index (κ3) is 4.51. The standard InChI is InChI=1S/C11H23N3O/c1-8(9-5-6-12-7-9)13-10(15)14-11(2,3)4/h8-9,12H,5-7H2,1-4H3,(H2,13,14,15). The number of rotatable bonds is 2. The van der Waals surface area contributed by atoms with E-state index in [-0.39, 0.29) is 17.6 Å². The zero-order valence-corrected chi connectivity index (χ0v) is 10.2. The number of hydrogen-bond donors (Lipinski definition) is 3. The Labute approximate surface area is 92.2 Å². The van der Waals surface area contributed by atoms with Crippen molar-refractivity contribution >= 4 is 6.03 Å². The number of carbonyl (C=O) groups is 1. The molecule has 1 aliphatic rings. The summed E-state index contributed by atoms with van der Waals surface area (Å²) >= 11 is 0. The van der Waals surface area contributed by atoms with E-state index in [1.165, 1.54) is 0 Å². The summed E-state index contributed by atoms with van der Waals surface area (Å²) in [4.78, 5) is 11.6. The number of urea groups is 1. The summed E-state index contributed by atoms with van der Waals surface area (Å²) in [6.07, 6.45) is 1.15. The van der Waals surface area contributed by atoms with Crippen LogP contribution in [0.2, 0.25) is 0 Å². The molecule has 0 bridgehead atoms. The lowest BCUT2D eigenvalue weighted by atomic mass is 10.0. The van der Waals surface area contributed by atoms with Gasteiger partial charge in [-0.2, -0.15) is 0 Å². The van der Waals surface area contributed by atoms with Gasteiger partial charge in [-0.25, -0.2) is 4.79 Å². The zero-order valence-electron chi connectivity index (χ0n) is 10.2. The van der Waals surface area contributed by atoms with Crippen molar-refractivity contribution in [2.75, 3.05) is 13.1 Å². The average Bonchev–Trinajstić information content (AvgIpc) is 2.50. The summed E-state index contributed by atoms with van der Waals surface area (Å²) < 4.78 is 0. The topological polar surface area (TPSA) is 53.2 Å². The van der Waals surface area contributed by atoms with Crippen molar-refractivity contribution in [3.8, 4) is 0 Å². The summed E-state index contributed by atoms with van der Waals surface area (Å²) in [6, 6.07) is 0.171. The smallest absolute Gasteiger partial charge is 0.315 e. The molecule has 0 aromatic rings. The number of hydrogen-bond acceptors (Lipinski definition) is 2. The monoisotopic (exact) mass is 213 g/mol. The van der Waals surface area contributed by atoms with Crippen molar-refractivity contribution in [1.82, 2.24) is 16.0 Å². The predicted octanol–water partition coefficient (Wildman–Crippen LogP) is 1.08. The molecular formula is C11H23N3O. The Balaban J connectivity index is 2.30. The first kappa shape index (κ1) is 12.3. The lowest BCUT2D eigenvalue weighted by molar-refractivity contribution is 0.224. The van der Waals surface area contributed by atoms with Crippen LogP contribution in [0.25, 0.3) is 0 Å². The van der Waals surface area contributed by atoms with Gasteiger partial charge in [-0.05, 0) is 53.1 Å². The summed E-state index contributed by atoms with van der Waals surface area (Å²) in [5.41, 5.74) is -0.169. The van der Waals surface area contributed by atoms with Gasteiger partial charge in [0.15, 0.2) is 0 Å². The fourth-order valence-corrected chi connectivity index (χ4v) is 1.81. The normalized spacial score (nSPS) is 23.6. The molecule has 0 radical (unpaired) electrons. The van der Waals surface area contributed by atoms with Crippen molar-refractivity contribution in [2.45, 2.75) is 45.7 Å². The van der Waals surface area contributed by atoms with Crippen LogP contribution in [0.5, 0.6) is 0 Å².